The van der Waals surface area contributed by atoms with E-state index in [0.29, 0.717) is 6.04 Å². The van der Waals surface area contributed by atoms with E-state index < -0.39 is 5.54 Å². The summed E-state index contributed by atoms with van der Waals surface area (Å²) in [5, 5.41) is 13.5. The first-order chi connectivity index (χ1) is 9.97. The Kier molecular flexibility index (Phi) is 8.18. The van der Waals surface area contributed by atoms with Crippen LogP contribution in [0.1, 0.15) is 45.6 Å². The zero-order chi connectivity index (χ0) is 15.7. The summed E-state index contributed by atoms with van der Waals surface area (Å²) in [5.41, 5.74) is 0.800. The van der Waals surface area contributed by atoms with Crippen molar-refractivity contribution in [3.63, 3.8) is 0 Å². The second-order valence-corrected chi connectivity index (χ2v) is 7.36. The van der Waals surface area contributed by atoms with Gasteiger partial charge in [0.1, 0.15) is 5.54 Å². The Morgan fingerprint density at radius 1 is 1.33 bits per heavy atom. The van der Waals surface area contributed by atoms with E-state index >= 15 is 0 Å². The van der Waals surface area contributed by atoms with Crippen molar-refractivity contribution in [2.24, 2.45) is 0 Å². The molecule has 0 spiro atoms. The van der Waals surface area contributed by atoms with Gasteiger partial charge in [-0.1, -0.05) is 29.8 Å². The minimum atomic E-state index is -0.401. The molecule has 1 N–H and O–H groups in total. The number of nitrogens with one attached hydrogen (secondary N) is 1. The van der Waals surface area contributed by atoms with Crippen LogP contribution in [0.3, 0.4) is 0 Å². The predicted octanol–water partition coefficient (Wildman–Crippen LogP) is 5.02. The molecular formula is C17H25ClN2S. The van der Waals surface area contributed by atoms with Crippen LogP contribution < -0.4 is 5.32 Å². The van der Waals surface area contributed by atoms with Crippen LogP contribution in [-0.4, -0.2) is 17.3 Å². The quantitative estimate of drug-likeness (QED) is 0.647. The number of rotatable bonds is 9. The molecule has 1 unspecified atom stereocenters. The van der Waals surface area contributed by atoms with Gasteiger partial charge < -0.3 is 0 Å². The minimum Gasteiger partial charge on any atom is -0.297 e. The number of thioether (sulfide) groups is 1. The highest BCUT2D eigenvalue weighted by Gasteiger charge is 2.23. The maximum atomic E-state index is 9.28. The number of hydrogen-bond acceptors (Lipinski definition) is 3. The lowest BCUT2D eigenvalue weighted by Gasteiger charge is -2.25. The van der Waals surface area contributed by atoms with E-state index in [4.69, 9.17) is 11.6 Å². The minimum absolute atomic E-state index is 0.337. The number of unbranched alkanes of at least 4 members (excludes halogenated alkanes) is 1. The molecule has 1 aromatic carbocycles. The molecule has 1 atom stereocenters. The fourth-order valence-electron chi connectivity index (χ4n) is 2.28. The lowest BCUT2D eigenvalue weighted by Crippen LogP contribution is -2.44. The zero-order valence-electron chi connectivity index (χ0n) is 13.2. The molecule has 0 aliphatic heterocycles. The topological polar surface area (TPSA) is 35.8 Å². The average molecular weight is 325 g/mol. The standard InChI is InChI=1S/C17H25ClN2S/c1-14(2)20-17(3,13-19)10-6-7-11-21-12-15-8-4-5-9-16(15)18/h4-5,8-9,14,20H,6-7,10-12H2,1-3H3. The van der Waals surface area contributed by atoms with Gasteiger partial charge in [0.05, 0.1) is 6.07 Å². The largest absolute Gasteiger partial charge is 0.297 e. The van der Waals surface area contributed by atoms with Gasteiger partial charge in [-0.2, -0.15) is 17.0 Å². The molecule has 116 valence electrons. The number of nitriles is 1. The number of hydrogen-bond donors (Lipinski definition) is 1. The SMILES string of the molecule is CC(C)NC(C)(C#N)CCCCSCc1ccccc1Cl. The van der Waals surface area contributed by atoms with Crippen molar-refractivity contribution in [3.8, 4) is 6.07 Å². The highest BCUT2D eigenvalue weighted by atomic mass is 35.5. The van der Waals surface area contributed by atoms with Crippen LogP contribution in [0.15, 0.2) is 24.3 Å². The highest BCUT2D eigenvalue weighted by Crippen LogP contribution is 2.22. The second kappa shape index (κ2) is 9.35. The molecule has 0 heterocycles. The van der Waals surface area contributed by atoms with Crippen molar-refractivity contribution in [1.82, 2.24) is 5.32 Å². The van der Waals surface area contributed by atoms with E-state index in [9.17, 15) is 5.26 Å². The van der Waals surface area contributed by atoms with Crippen molar-refractivity contribution in [1.29, 1.82) is 5.26 Å². The number of halogens is 1. The Bertz CT molecular complexity index is 470. The predicted molar refractivity (Wildman–Crippen MR) is 93.8 cm³/mol. The van der Waals surface area contributed by atoms with Gasteiger partial charge in [-0.15, -0.1) is 0 Å². The summed E-state index contributed by atoms with van der Waals surface area (Å²) in [6.45, 7) is 6.15. The summed E-state index contributed by atoms with van der Waals surface area (Å²) in [6, 6.07) is 10.7. The Balaban J connectivity index is 2.20. The molecular weight excluding hydrogens is 300 g/mol. The fraction of sp³-hybridized carbons (Fsp3) is 0.588. The second-order valence-electron chi connectivity index (χ2n) is 5.84. The Hall–Kier alpha value is -0.690. The summed E-state index contributed by atoms with van der Waals surface area (Å²) in [5.74, 6) is 2.06. The van der Waals surface area contributed by atoms with Gasteiger partial charge in [-0.3, -0.25) is 5.32 Å². The smallest absolute Gasteiger partial charge is 0.104 e. The van der Waals surface area contributed by atoms with E-state index in [0.717, 1.165) is 35.8 Å². The zero-order valence-corrected chi connectivity index (χ0v) is 14.7. The molecule has 1 rings (SSSR count). The van der Waals surface area contributed by atoms with Crippen molar-refractivity contribution >= 4 is 23.4 Å². The molecule has 0 bridgehead atoms. The van der Waals surface area contributed by atoms with E-state index in [1.165, 1.54) is 5.56 Å². The summed E-state index contributed by atoms with van der Waals surface area (Å²) in [7, 11) is 0. The van der Waals surface area contributed by atoms with Gasteiger partial charge in [-0.25, -0.2) is 0 Å². The Morgan fingerprint density at radius 3 is 2.67 bits per heavy atom. The first kappa shape index (κ1) is 18.4. The molecule has 4 heteroatoms. The molecule has 0 fully saturated rings. The Morgan fingerprint density at radius 2 is 2.05 bits per heavy atom. The average Bonchev–Trinajstić information content (AvgIpc) is 2.43. The van der Waals surface area contributed by atoms with Crippen LogP contribution >= 0.6 is 23.4 Å². The molecule has 0 amide bonds. The van der Waals surface area contributed by atoms with Crippen molar-refractivity contribution < 1.29 is 0 Å². The summed E-state index contributed by atoms with van der Waals surface area (Å²) in [4.78, 5) is 0. The van der Waals surface area contributed by atoms with Gasteiger partial charge in [-0.05, 0) is 57.4 Å². The van der Waals surface area contributed by atoms with Crippen LogP contribution in [0.5, 0.6) is 0 Å². The first-order valence-electron chi connectivity index (χ1n) is 7.47. The third kappa shape index (κ3) is 7.22. The van der Waals surface area contributed by atoms with Gasteiger partial charge in [0.25, 0.3) is 0 Å². The molecule has 0 saturated carbocycles. The summed E-state index contributed by atoms with van der Waals surface area (Å²) < 4.78 is 0. The monoisotopic (exact) mass is 324 g/mol. The van der Waals surface area contributed by atoms with Crippen LogP contribution in [0, 0.1) is 11.3 Å². The normalized spacial score (nSPS) is 13.9. The number of nitrogens with zero attached hydrogens (tertiary/aromatic N) is 1. The van der Waals surface area contributed by atoms with E-state index in [2.05, 4.69) is 31.3 Å². The van der Waals surface area contributed by atoms with Crippen molar-refractivity contribution in [2.75, 3.05) is 5.75 Å². The van der Waals surface area contributed by atoms with Gasteiger partial charge in [0, 0.05) is 16.8 Å². The first-order valence-corrected chi connectivity index (χ1v) is 9.00. The number of benzene rings is 1. The third-order valence-electron chi connectivity index (χ3n) is 3.28. The third-order valence-corrected chi connectivity index (χ3v) is 4.75. The van der Waals surface area contributed by atoms with Crippen LogP contribution in [0.4, 0.5) is 0 Å². The highest BCUT2D eigenvalue weighted by molar-refractivity contribution is 7.98. The molecule has 2 nitrogen and oxygen atoms in total. The lowest BCUT2D eigenvalue weighted by atomic mass is 9.96. The van der Waals surface area contributed by atoms with Crippen LogP contribution in [0.25, 0.3) is 0 Å². The summed E-state index contributed by atoms with van der Waals surface area (Å²) >= 11 is 8.04. The summed E-state index contributed by atoms with van der Waals surface area (Å²) in [6.07, 6.45) is 3.10. The van der Waals surface area contributed by atoms with E-state index in [-0.39, 0.29) is 0 Å². The molecule has 0 aromatic heterocycles. The Labute approximate surface area is 138 Å². The lowest BCUT2D eigenvalue weighted by molar-refractivity contribution is 0.372. The van der Waals surface area contributed by atoms with Crippen LogP contribution in [-0.2, 0) is 5.75 Å². The molecule has 0 saturated heterocycles. The maximum absolute atomic E-state index is 9.28. The van der Waals surface area contributed by atoms with Crippen molar-refractivity contribution in [3.05, 3.63) is 34.9 Å². The van der Waals surface area contributed by atoms with Gasteiger partial charge >= 0.3 is 0 Å². The molecule has 0 aliphatic carbocycles. The fourth-order valence-corrected chi connectivity index (χ4v) is 3.58. The van der Waals surface area contributed by atoms with E-state index in [1.54, 1.807) is 0 Å². The maximum Gasteiger partial charge on any atom is 0.104 e. The van der Waals surface area contributed by atoms with E-state index in [1.807, 2.05) is 36.9 Å². The van der Waals surface area contributed by atoms with Gasteiger partial charge in [0.2, 0.25) is 0 Å². The van der Waals surface area contributed by atoms with Crippen LogP contribution in [0.2, 0.25) is 5.02 Å². The molecule has 0 aliphatic rings. The molecule has 0 radical (unpaired) electrons. The van der Waals surface area contributed by atoms with Crippen molar-refractivity contribution in [2.45, 2.75) is 57.4 Å². The van der Waals surface area contributed by atoms with Gasteiger partial charge in [0.15, 0.2) is 0 Å². The molecule has 21 heavy (non-hydrogen) atoms. The molecule has 1 aromatic rings.